The fraction of sp³-hybridized carbons (Fsp3) is 0.250. The molecule has 0 aliphatic carbocycles. The van der Waals surface area contributed by atoms with Crippen molar-refractivity contribution in [3.05, 3.63) is 36.5 Å². The summed E-state index contributed by atoms with van der Waals surface area (Å²) in [4.78, 5) is 11.4. The zero-order valence-electron chi connectivity index (χ0n) is 8.73. The molecule has 78 valence electrons. The number of hydrogen-bond donors (Lipinski definition) is 1. The van der Waals surface area contributed by atoms with Crippen LogP contribution >= 0.6 is 0 Å². The van der Waals surface area contributed by atoms with Gasteiger partial charge in [0.15, 0.2) is 0 Å². The molecule has 0 saturated carbocycles. The Balaban J connectivity index is 2.25. The van der Waals surface area contributed by atoms with Crippen molar-refractivity contribution in [2.75, 3.05) is 6.54 Å². The van der Waals surface area contributed by atoms with Crippen LogP contribution in [0.1, 0.15) is 6.92 Å². The number of carbonyl (C=O) groups is 1. The molecular formula is C12H14N2O. The van der Waals surface area contributed by atoms with Crippen LogP contribution < -0.4 is 5.32 Å². The Morgan fingerprint density at radius 3 is 2.93 bits per heavy atom. The minimum atomic E-state index is 0.0545. The SMILES string of the molecule is CCNC(=O)Cn1ccc2ccccc21. The molecule has 1 aromatic heterocycles. The van der Waals surface area contributed by atoms with E-state index >= 15 is 0 Å². The Morgan fingerprint density at radius 1 is 1.33 bits per heavy atom. The van der Waals surface area contributed by atoms with Gasteiger partial charge in [-0.25, -0.2) is 0 Å². The molecule has 15 heavy (non-hydrogen) atoms. The first kappa shape index (κ1) is 9.77. The van der Waals surface area contributed by atoms with Crippen molar-refractivity contribution in [3.8, 4) is 0 Å². The second kappa shape index (κ2) is 4.17. The first-order chi connectivity index (χ1) is 7.31. The number of nitrogens with one attached hydrogen (secondary N) is 1. The molecular weight excluding hydrogens is 188 g/mol. The van der Waals surface area contributed by atoms with E-state index in [2.05, 4.69) is 5.32 Å². The van der Waals surface area contributed by atoms with E-state index in [4.69, 9.17) is 0 Å². The third-order valence-corrected chi connectivity index (χ3v) is 2.37. The van der Waals surface area contributed by atoms with Gasteiger partial charge in [-0.1, -0.05) is 18.2 Å². The topological polar surface area (TPSA) is 34.0 Å². The second-order valence-electron chi connectivity index (χ2n) is 3.46. The number of aromatic nitrogens is 1. The number of amides is 1. The smallest absolute Gasteiger partial charge is 0.239 e. The minimum absolute atomic E-state index is 0.0545. The molecule has 0 fully saturated rings. The number of fused-ring (bicyclic) bond motifs is 1. The van der Waals surface area contributed by atoms with Gasteiger partial charge < -0.3 is 9.88 Å². The van der Waals surface area contributed by atoms with Crippen molar-refractivity contribution in [2.45, 2.75) is 13.5 Å². The molecule has 2 aromatic rings. The van der Waals surface area contributed by atoms with Crippen molar-refractivity contribution in [2.24, 2.45) is 0 Å². The van der Waals surface area contributed by atoms with E-state index in [-0.39, 0.29) is 5.91 Å². The maximum atomic E-state index is 11.4. The summed E-state index contributed by atoms with van der Waals surface area (Å²) in [5.41, 5.74) is 1.10. The molecule has 1 aromatic carbocycles. The summed E-state index contributed by atoms with van der Waals surface area (Å²) in [5, 5.41) is 3.96. The fourth-order valence-corrected chi connectivity index (χ4v) is 1.69. The predicted molar refractivity (Wildman–Crippen MR) is 60.6 cm³/mol. The summed E-state index contributed by atoms with van der Waals surface area (Å²) in [7, 11) is 0. The molecule has 0 aliphatic heterocycles. The molecule has 1 heterocycles. The number of carbonyl (C=O) groups excluding carboxylic acids is 1. The Bertz CT molecular complexity index is 473. The van der Waals surface area contributed by atoms with Crippen LogP contribution in [0.4, 0.5) is 0 Å². The van der Waals surface area contributed by atoms with Crippen molar-refractivity contribution >= 4 is 16.8 Å². The first-order valence-electron chi connectivity index (χ1n) is 5.12. The maximum Gasteiger partial charge on any atom is 0.239 e. The summed E-state index contributed by atoms with van der Waals surface area (Å²) in [5.74, 6) is 0.0545. The highest BCUT2D eigenvalue weighted by Gasteiger charge is 2.03. The van der Waals surface area contributed by atoms with Crippen molar-refractivity contribution in [3.63, 3.8) is 0 Å². The number of benzene rings is 1. The van der Waals surface area contributed by atoms with Crippen LogP contribution in [0, 0.1) is 0 Å². The highest BCUT2D eigenvalue weighted by Crippen LogP contribution is 2.14. The van der Waals surface area contributed by atoms with Gasteiger partial charge in [-0.3, -0.25) is 4.79 Å². The van der Waals surface area contributed by atoms with Crippen molar-refractivity contribution < 1.29 is 4.79 Å². The zero-order valence-corrected chi connectivity index (χ0v) is 8.73. The van der Waals surface area contributed by atoms with E-state index < -0.39 is 0 Å². The molecule has 2 rings (SSSR count). The molecule has 0 bridgehead atoms. The van der Waals surface area contributed by atoms with E-state index in [9.17, 15) is 4.79 Å². The number of hydrogen-bond acceptors (Lipinski definition) is 1. The highest BCUT2D eigenvalue weighted by molar-refractivity contribution is 5.83. The summed E-state index contributed by atoms with van der Waals surface area (Å²) in [6, 6.07) is 10.1. The Kier molecular flexibility index (Phi) is 2.72. The van der Waals surface area contributed by atoms with Gasteiger partial charge in [-0.05, 0) is 24.4 Å². The lowest BCUT2D eigenvalue weighted by Gasteiger charge is -2.05. The third-order valence-electron chi connectivity index (χ3n) is 2.37. The molecule has 1 N–H and O–H groups in total. The minimum Gasteiger partial charge on any atom is -0.355 e. The summed E-state index contributed by atoms with van der Waals surface area (Å²) >= 11 is 0. The van der Waals surface area contributed by atoms with Gasteiger partial charge in [0.2, 0.25) is 5.91 Å². The van der Waals surface area contributed by atoms with Crippen LogP contribution in [0.2, 0.25) is 0 Å². The highest BCUT2D eigenvalue weighted by atomic mass is 16.1. The van der Waals surface area contributed by atoms with E-state index in [1.165, 1.54) is 5.39 Å². The summed E-state index contributed by atoms with van der Waals surface area (Å²) in [6.45, 7) is 2.99. The Labute approximate surface area is 88.7 Å². The number of likely N-dealkylation sites (N-methyl/N-ethyl adjacent to an activating group) is 1. The van der Waals surface area contributed by atoms with Gasteiger partial charge in [0.05, 0.1) is 0 Å². The normalized spacial score (nSPS) is 10.5. The Hall–Kier alpha value is -1.77. The van der Waals surface area contributed by atoms with Gasteiger partial charge in [0.25, 0.3) is 0 Å². The summed E-state index contributed by atoms with van der Waals surface area (Å²) < 4.78 is 1.96. The lowest BCUT2D eigenvalue weighted by Crippen LogP contribution is -2.26. The predicted octanol–water partition coefficient (Wildman–Crippen LogP) is 1.78. The summed E-state index contributed by atoms with van der Waals surface area (Å²) in [6.07, 6.45) is 1.94. The average molecular weight is 202 g/mol. The molecule has 3 nitrogen and oxygen atoms in total. The fourth-order valence-electron chi connectivity index (χ4n) is 1.69. The van der Waals surface area contributed by atoms with Gasteiger partial charge >= 0.3 is 0 Å². The van der Waals surface area contributed by atoms with Gasteiger partial charge in [-0.2, -0.15) is 0 Å². The van der Waals surface area contributed by atoms with Crippen LogP contribution in [0.5, 0.6) is 0 Å². The molecule has 0 aliphatic rings. The standard InChI is InChI=1S/C12H14N2O/c1-2-13-12(15)9-14-8-7-10-5-3-4-6-11(10)14/h3-8H,2,9H2,1H3,(H,13,15). The largest absolute Gasteiger partial charge is 0.355 e. The average Bonchev–Trinajstić information content (AvgIpc) is 2.62. The van der Waals surface area contributed by atoms with E-state index in [1.807, 2.05) is 48.0 Å². The van der Waals surface area contributed by atoms with Gasteiger partial charge in [0, 0.05) is 18.3 Å². The first-order valence-corrected chi connectivity index (χ1v) is 5.12. The van der Waals surface area contributed by atoms with Crippen LogP contribution in [-0.4, -0.2) is 17.0 Å². The molecule has 0 saturated heterocycles. The van der Waals surface area contributed by atoms with E-state index in [1.54, 1.807) is 0 Å². The van der Waals surface area contributed by atoms with E-state index in [0.29, 0.717) is 13.1 Å². The van der Waals surface area contributed by atoms with Crippen LogP contribution in [-0.2, 0) is 11.3 Å². The molecule has 3 heteroatoms. The monoisotopic (exact) mass is 202 g/mol. The Morgan fingerprint density at radius 2 is 2.13 bits per heavy atom. The molecule has 0 radical (unpaired) electrons. The second-order valence-corrected chi connectivity index (χ2v) is 3.46. The van der Waals surface area contributed by atoms with E-state index in [0.717, 1.165) is 5.52 Å². The number of rotatable bonds is 3. The van der Waals surface area contributed by atoms with Crippen LogP contribution in [0.15, 0.2) is 36.5 Å². The molecule has 0 atom stereocenters. The molecule has 0 unspecified atom stereocenters. The number of para-hydroxylation sites is 1. The molecule has 1 amide bonds. The lowest BCUT2D eigenvalue weighted by molar-refractivity contribution is -0.121. The quantitative estimate of drug-likeness (QED) is 0.808. The maximum absolute atomic E-state index is 11.4. The van der Waals surface area contributed by atoms with Crippen molar-refractivity contribution in [1.29, 1.82) is 0 Å². The van der Waals surface area contributed by atoms with Crippen LogP contribution in [0.3, 0.4) is 0 Å². The van der Waals surface area contributed by atoms with Gasteiger partial charge in [-0.15, -0.1) is 0 Å². The van der Waals surface area contributed by atoms with Crippen LogP contribution in [0.25, 0.3) is 10.9 Å². The zero-order chi connectivity index (χ0) is 10.7. The number of nitrogens with zero attached hydrogens (tertiary/aromatic N) is 1. The molecule has 0 spiro atoms. The van der Waals surface area contributed by atoms with Crippen molar-refractivity contribution in [1.82, 2.24) is 9.88 Å². The van der Waals surface area contributed by atoms with Gasteiger partial charge in [0.1, 0.15) is 6.54 Å². The lowest BCUT2D eigenvalue weighted by atomic mass is 10.2. The third kappa shape index (κ3) is 2.01.